The summed E-state index contributed by atoms with van der Waals surface area (Å²) in [6.45, 7) is 2.08. The van der Waals surface area contributed by atoms with Crippen LogP contribution < -0.4 is 10.2 Å². The lowest BCUT2D eigenvalue weighted by molar-refractivity contribution is 0.628. The van der Waals surface area contributed by atoms with Crippen LogP contribution in [0.4, 0.5) is 15.9 Å². The van der Waals surface area contributed by atoms with Crippen molar-refractivity contribution in [1.82, 2.24) is 10.3 Å². The summed E-state index contributed by atoms with van der Waals surface area (Å²) in [6, 6.07) is 10.7. The van der Waals surface area contributed by atoms with Crippen molar-refractivity contribution in [3.05, 3.63) is 54.0 Å². The summed E-state index contributed by atoms with van der Waals surface area (Å²) in [5.41, 5.74) is 2.04. The molecule has 1 aromatic carbocycles. The molecule has 0 aliphatic rings. The first-order chi connectivity index (χ1) is 9.11. The quantitative estimate of drug-likeness (QED) is 0.913. The molecular weight excluding hydrogens is 241 g/mol. The van der Waals surface area contributed by atoms with Gasteiger partial charge in [-0.25, -0.2) is 9.37 Å². The minimum absolute atomic E-state index is 0.233. The van der Waals surface area contributed by atoms with E-state index in [0.717, 1.165) is 17.1 Å². The minimum Gasteiger partial charge on any atom is -0.329 e. The van der Waals surface area contributed by atoms with Gasteiger partial charge in [-0.3, -0.25) is 0 Å². The molecule has 1 N–H and O–H groups in total. The smallest absolute Gasteiger partial charge is 0.132 e. The van der Waals surface area contributed by atoms with Gasteiger partial charge in [0, 0.05) is 25.0 Å². The maximum Gasteiger partial charge on any atom is 0.132 e. The minimum atomic E-state index is -0.233. The van der Waals surface area contributed by atoms with Gasteiger partial charge >= 0.3 is 0 Å². The molecule has 0 radical (unpaired) electrons. The number of pyridine rings is 1. The van der Waals surface area contributed by atoms with Crippen molar-refractivity contribution in [1.29, 1.82) is 0 Å². The Morgan fingerprint density at radius 3 is 2.37 bits per heavy atom. The zero-order valence-electron chi connectivity index (χ0n) is 11.4. The predicted octanol–water partition coefficient (Wildman–Crippen LogP) is 3.27. The number of nitrogens with one attached hydrogen (secondary N) is 1. The first kappa shape index (κ1) is 13.5. The molecule has 0 aliphatic carbocycles. The standard InChI is InChI=1S/C15H18FN3/c1-11(17-2)12-4-9-15(18-10-12)19(3)14-7-5-13(16)6-8-14/h4-11,17H,1-3H3. The van der Waals surface area contributed by atoms with Gasteiger partial charge in [-0.1, -0.05) is 6.07 Å². The van der Waals surface area contributed by atoms with Gasteiger partial charge in [0.1, 0.15) is 11.6 Å². The van der Waals surface area contributed by atoms with Crippen LogP contribution in [0.25, 0.3) is 0 Å². The Balaban J connectivity index is 2.19. The van der Waals surface area contributed by atoms with Crippen molar-refractivity contribution < 1.29 is 4.39 Å². The van der Waals surface area contributed by atoms with Crippen LogP contribution in [0.5, 0.6) is 0 Å². The molecule has 100 valence electrons. The van der Waals surface area contributed by atoms with Crippen LogP contribution in [-0.2, 0) is 0 Å². The van der Waals surface area contributed by atoms with Gasteiger partial charge in [-0.05, 0) is 49.9 Å². The Labute approximate surface area is 113 Å². The zero-order valence-corrected chi connectivity index (χ0v) is 11.4. The van der Waals surface area contributed by atoms with Crippen molar-refractivity contribution >= 4 is 11.5 Å². The second kappa shape index (κ2) is 5.80. The first-order valence-electron chi connectivity index (χ1n) is 6.24. The van der Waals surface area contributed by atoms with Crippen LogP contribution in [0.2, 0.25) is 0 Å². The van der Waals surface area contributed by atoms with Gasteiger partial charge in [0.2, 0.25) is 0 Å². The molecule has 0 fully saturated rings. The largest absolute Gasteiger partial charge is 0.329 e. The van der Waals surface area contributed by atoms with E-state index in [2.05, 4.69) is 17.2 Å². The van der Waals surface area contributed by atoms with Crippen LogP contribution in [0.3, 0.4) is 0 Å². The molecule has 0 saturated heterocycles. The van der Waals surface area contributed by atoms with Gasteiger partial charge in [-0.15, -0.1) is 0 Å². The fraction of sp³-hybridized carbons (Fsp3) is 0.267. The van der Waals surface area contributed by atoms with Crippen molar-refractivity contribution in [2.45, 2.75) is 13.0 Å². The van der Waals surface area contributed by atoms with E-state index in [4.69, 9.17) is 0 Å². The van der Waals surface area contributed by atoms with Gasteiger partial charge in [0.15, 0.2) is 0 Å². The predicted molar refractivity (Wildman–Crippen MR) is 76.2 cm³/mol. The summed E-state index contributed by atoms with van der Waals surface area (Å²) in [5, 5.41) is 3.17. The van der Waals surface area contributed by atoms with Crippen LogP contribution in [-0.4, -0.2) is 19.1 Å². The number of anilines is 2. The lowest BCUT2D eigenvalue weighted by Gasteiger charge is -2.19. The number of hydrogen-bond donors (Lipinski definition) is 1. The number of hydrogen-bond acceptors (Lipinski definition) is 3. The number of halogens is 1. The van der Waals surface area contributed by atoms with Crippen LogP contribution in [0.1, 0.15) is 18.5 Å². The van der Waals surface area contributed by atoms with E-state index in [1.807, 2.05) is 37.3 Å². The fourth-order valence-electron chi connectivity index (χ4n) is 1.82. The highest BCUT2D eigenvalue weighted by atomic mass is 19.1. The Hall–Kier alpha value is -1.94. The molecule has 3 nitrogen and oxygen atoms in total. The maximum absolute atomic E-state index is 12.9. The molecule has 0 spiro atoms. The van der Waals surface area contributed by atoms with E-state index in [1.165, 1.54) is 12.1 Å². The number of nitrogens with zero attached hydrogens (tertiary/aromatic N) is 2. The second-order valence-electron chi connectivity index (χ2n) is 4.50. The van der Waals surface area contributed by atoms with E-state index in [0.29, 0.717) is 0 Å². The maximum atomic E-state index is 12.9. The third-order valence-corrected chi connectivity index (χ3v) is 3.26. The van der Waals surface area contributed by atoms with E-state index in [-0.39, 0.29) is 11.9 Å². The molecule has 0 aliphatic heterocycles. The number of rotatable bonds is 4. The summed E-state index contributed by atoms with van der Waals surface area (Å²) in [4.78, 5) is 6.36. The van der Waals surface area contributed by atoms with Crippen molar-refractivity contribution in [3.8, 4) is 0 Å². The molecule has 1 aromatic heterocycles. The molecule has 0 amide bonds. The van der Waals surface area contributed by atoms with Crippen molar-refractivity contribution in [2.75, 3.05) is 19.0 Å². The molecule has 2 rings (SSSR count). The molecule has 0 bridgehead atoms. The van der Waals surface area contributed by atoms with Crippen LogP contribution in [0, 0.1) is 5.82 Å². The normalized spacial score (nSPS) is 12.2. The average Bonchev–Trinajstić information content (AvgIpc) is 2.46. The highest BCUT2D eigenvalue weighted by Crippen LogP contribution is 2.22. The highest BCUT2D eigenvalue weighted by Gasteiger charge is 2.07. The first-order valence-corrected chi connectivity index (χ1v) is 6.24. The van der Waals surface area contributed by atoms with Crippen LogP contribution >= 0.6 is 0 Å². The molecular formula is C15H18FN3. The third-order valence-electron chi connectivity index (χ3n) is 3.26. The van der Waals surface area contributed by atoms with Gasteiger partial charge in [-0.2, -0.15) is 0 Å². The monoisotopic (exact) mass is 259 g/mol. The molecule has 1 heterocycles. The van der Waals surface area contributed by atoms with Crippen molar-refractivity contribution in [3.63, 3.8) is 0 Å². The average molecular weight is 259 g/mol. The SMILES string of the molecule is CNC(C)c1ccc(N(C)c2ccc(F)cc2)nc1. The summed E-state index contributed by atoms with van der Waals surface area (Å²) < 4.78 is 12.9. The lowest BCUT2D eigenvalue weighted by Crippen LogP contribution is -2.14. The lowest BCUT2D eigenvalue weighted by atomic mass is 10.1. The zero-order chi connectivity index (χ0) is 13.8. The number of benzene rings is 1. The molecule has 2 aromatic rings. The molecule has 19 heavy (non-hydrogen) atoms. The number of aromatic nitrogens is 1. The van der Waals surface area contributed by atoms with Gasteiger partial charge in [0.25, 0.3) is 0 Å². The van der Waals surface area contributed by atoms with Gasteiger partial charge < -0.3 is 10.2 Å². The molecule has 0 saturated carbocycles. The molecule has 1 atom stereocenters. The van der Waals surface area contributed by atoms with Crippen LogP contribution in [0.15, 0.2) is 42.6 Å². The summed E-state index contributed by atoms with van der Waals surface area (Å²) in [5.74, 6) is 0.599. The molecule has 1 unspecified atom stereocenters. The van der Waals surface area contributed by atoms with E-state index < -0.39 is 0 Å². The summed E-state index contributed by atoms with van der Waals surface area (Å²) >= 11 is 0. The highest BCUT2D eigenvalue weighted by molar-refractivity contribution is 5.58. The van der Waals surface area contributed by atoms with E-state index in [9.17, 15) is 4.39 Å². The van der Waals surface area contributed by atoms with E-state index in [1.54, 1.807) is 12.1 Å². The third kappa shape index (κ3) is 3.09. The second-order valence-corrected chi connectivity index (χ2v) is 4.50. The van der Waals surface area contributed by atoms with Gasteiger partial charge in [0.05, 0.1) is 0 Å². The van der Waals surface area contributed by atoms with Crippen molar-refractivity contribution in [2.24, 2.45) is 0 Å². The Bertz CT molecular complexity index is 522. The summed E-state index contributed by atoms with van der Waals surface area (Å²) in [7, 11) is 3.83. The Morgan fingerprint density at radius 2 is 1.84 bits per heavy atom. The molecule has 4 heteroatoms. The fourth-order valence-corrected chi connectivity index (χ4v) is 1.82. The van der Waals surface area contributed by atoms with E-state index >= 15 is 0 Å². The summed E-state index contributed by atoms with van der Waals surface area (Å²) in [6.07, 6.45) is 1.86. The Kier molecular flexibility index (Phi) is 4.12. The topological polar surface area (TPSA) is 28.2 Å². The Morgan fingerprint density at radius 1 is 1.16 bits per heavy atom.